The van der Waals surface area contributed by atoms with E-state index in [0.717, 1.165) is 17.9 Å². The molecule has 108 valence electrons. The Hall–Kier alpha value is -2.15. The largest absolute Gasteiger partial charge is 0.478 e. The van der Waals surface area contributed by atoms with Crippen LogP contribution in [0.2, 0.25) is 0 Å². The first-order valence-corrected chi connectivity index (χ1v) is 7.77. The van der Waals surface area contributed by atoms with E-state index in [1.807, 2.05) is 0 Å². The minimum atomic E-state index is -3.34. The highest BCUT2D eigenvalue weighted by Gasteiger charge is 2.10. The number of nitrogens with one attached hydrogen (secondary N) is 1. The third-order valence-corrected chi connectivity index (χ3v) is 3.04. The zero-order chi connectivity index (χ0) is 15.2. The fourth-order valence-electron chi connectivity index (χ4n) is 1.46. The molecule has 0 bridgehead atoms. The summed E-state index contributed by atoms with van der Waals surface area (Å²) in [6.45, 7) is 0.184. The predicted octanol–water partition coefficient (Wildman–Crippen LogP) is 0.445. The lowest BCUT2D eigenvalue weighted by atomic mass is 10.1. The fourth-order valence-corrected chi connectivity index (χ4v) is 2.04. The molecule has 0 aliphatic heterocycles. The number of carboxylic acids is 1. The highest BCUT2D eigenvalue weighted by atomic mass is 32.2. The normalized spacial score (nSPS) is 11.4. The van der Waals surface area contributed by atoms with Crippen LogP contribution in [0, 0.1) is 0 Å². The lowest BCUT2D eigenvalue weighted by Gasteiger charge is -2.05. The van der Waals surface area contributed by atoms with Crippen molar-refractivity contribution in [3.63, 3.8) is 0 Å². The second-order valence-corrected chi connectivity index (χ2v) is 6.40. The predicted molar refractivity (Wildman–Crippen MR) is 74.7 cm³/mol. The molecule has 2 N–H and O–H groups in total. The molecule has 0 atom stereocenters. The third-order valence-electron chi connectivity index (χ3n) is 2.25. The summed E-state index contributed by atoms with van der Waals surface area (Å²) >= 11 is 0. The van der Waals surface area contributed by atoms with Gasteiger partial charge in [0.2, 0.25) is 5.91 Å². The molecule has 0 radical (unpaired) electrons. The Bertz CT molecular complexity index is 634. The van der Waals surface area contributed by atoms with Gasteiger partial charge in [-0.3, -0.25) is 4.79 Å². The van der Waals surface area contributed by atoms with Crippen molar-refractivity contribution in [2.75, 3.05) is 12.0 Å². The van der Waals surface area contributed by atoms with Crippen molar-refractivity contribution < 1.29 is 23.1 Å². The van der Waals surface area contributed by atoms with Gasteiger partial charge in [0.05, 0.1) is 0 Å². The lowest BCUT2D eigenvalue weighted by molar-refractivity contribution is -0.131. The van der Waals surface area contributed by atoms with E-state index in [4.69, 9.17) is 5.11 Å². The summed E-state index contributed by atoms with van der Waals surface area (Å²) in [7, 11) is -3.34. The molecule has 0 saturated carbocycles. The molecule has 6 nitrogen and oxygen atoms in total. The van der Waals surface area contributed by atoms with Gasteiger partial charge in [-0.25, -0.2) is 13.2 Å². The van der Waals surface area contributed by atoms with E-state index < -0.39 is 27.5 Å². The van der Waals surface area contributed by atoms with Crippen LogP contribution in [0.4, 0.5) is 0 Å². The summed E-state index contributed by atoms with van der Waals surface area (Å²) < 4.78 is 21.9. The number of hydrogen-bond donors (Lipinski definition) is 2. The fraction of sp³-hybridized carbons (Fsp3) is 0.231. The average Bonchev–Trinajstić information content (AvgIpc) is 2.32. The van der Waals surface area contributed by atoms with Gasteiger partial charge in [-0.2, -0.15) is 0 Å². The molecule has 0 saturated heterocycles. The van der Waals surface area contributed by atoms with Crippen molar-refractivity contribution in [1.29, 1.82) is 0 Å². The highest BCUT2D eigenvalue weighted by Crippen LogP contribution is 2.07. The highest BCUT2D eigenvalue weighted by molar-refractivity contribution is 7.91. The number of rotatable bonds is 6. The number of carbonyl (C=O) groups is 2. The number of aliphatic carboxylic acids is 1. The van der Waals surface area contributed by atoms with Gasteiger partial charge in [-0.05, 0) is 23.3 Å². The molecule has 0 unspecified atom stereocenters. The van der Waals surface area contributed by atoms with Crippen molar-refractivity contribution >= 4 is 27.8 Å². The zero-order valence-corrected chi connectivity index (χ0v) is 11.7. The molecule has 1 aromatic carbocycles. The van der Waals surface area contributed by atoms with Gasteiger partial charge in [0.1, 0.15) is 5.75 Å². The molecule has 0 fully saturated rings. The summed E-state index contributed by atoms with van der Waals surface area (Å²) in [6, 6.07) is 6.90. The summed E-state index contributed by atoms with van der Waals surface area (Å²) in [5.74, 6) is -2.16. The maximum atomic E-state index is 11.3. The van der Waals surface area contributed by atoms with Gasteiger partial charge < -0.3 is 10.4 Å². The summed E-state index contributed by atoms with van der Waals surface area (Å²) in [6.07, 6.45) is 3.44. The standard InChI is InChI=1S/C13H15NO5S/c1-20(18,19)9-12(15)14-8-11-4-2-3-10(7-11)5-6-13(16)17/h2-7H,8-9H2,1H3,(H,14,15)(H,16,17). The van der Waals surface area contributed by atoms with Gasteiger partial charge in [0.25, 0.3) is 0 Å². The van der Waals surface area contributed by atoms with E-state index in [1.54, 1.807) is 24.3 Å². The van der Waals surface area contributed by atoms with Gasteiger partial charge in [0, 0.05) is 18.9 Å². The molecule has 1 rings (SSSR count). The van der Waals surface area contributed by atoms with Crippen LogP contribution in [-0.4, -0.2) is 37.4 Å². The number of sulfone groups is 1. The first kappa shape index (κ1) is 15.9. The van der Waals surface area contributed by atoms with E-state index in [9.17, 15) is 18.0 Å². The molecule has 0 heterocycles. The molecule has 0 aromatic heterocycles. The Kier molecular flexibility index (Phi) is 5.45. The number of hydrogen-bond acceptors (Lipinski definition) is 4. The van der Waals surface area contributed by atoms with Crippen LogP contribution >= 0.6 is 0 Å². The van der Waals surface area contributed by atoms with E-state index in [0.29, 0.717) is 5.56 Å². The zero-order valence-electron chi connectivity index (χ0n) is 10.9. The third kappa shape index (κ3) is 6.69. The van der Waals surface area contributed by atoms with Crippen molar-refractivity contribution in [1.82, 2.24) is 5.32 Å². The van der Waals surface area contributed by atoms with Crippen LogP contribution in [0.1, 0.15) is 11.1 Å². The van der Waals surface area contributed by atoms with Crippen LogP contribution in [0.25, 0.3) is 6.08 Å². The van der Waals surface area contributed by atoms with Crippen LogP contribution in [0.5, 0.6) is 0 Å². The van der Waals surface area contributed by atoms with Gasteiger partial charge in [-0.15, -0.1) is 0 Å². The van der Waals surface area contributed by atoms with E-state index in [2.05, 4.69) is 5.32 Å². The second-order valence-electron chi connectivity index (χ2n) is 4.26. The average molecular weight is 297 g/mol. The van der Waals surface area contributed by atoms with E-state index in [1.165, 1.54) is 6.08 Å². The van der Waals surface area contributed by atoms with Crippen LogP contribution in [0.3, 0.4) is 0 Å². The van der Waals surface area contributed by atoms with Crippen molar-refractivity contribution in [2.45, 2.75) is 6.54 Å². The maximum Gasteiger partial charge on any atom is 0.328 e. The number of amides is 1. The molecule has 1 aromatic rings. The first-order valence-electron chi connectivity index (χ1n) is 5.70. The molecule has 0 aliphatic carbocycles. The molecule has 0 aliphatic rings. The summed E-state index contributed by atoms with van der Waals surface area (Å²) in [5.41, 5.74) is 1.43. The Morgan fingerprint density at radius 2 is 2.05 bits per heavy atom. The van der Waals surface area contributed by atoms with Crippen LogP contribution in [-0.2, 0) is 26.0 Å². The molecule has 20 heavy (non-hydrogen) atoms. The van der Waals surface area contributed by atoms with E-state index >= 15 is 0 Å². The first-order chi connectivity index (χ1) is 9.26. The smallest absolute Gasteiger partial charge is 0.328 e. The topological polar surface area (TPSA) is 101 Å². The van der Waals surface area contributed by atoms with E-state index in [-0.39, 0.29) is 6.54 Å². The molecule has 7 heteroatoms. The van der Waals surface area contributed by atoms with Crippen LogP contribution < -0.4 is 5.32 Å². The number of carboxylic acid groups (broad SMARTS) is 1. The maximum absolute atomic E-state index is 11.3. The second kappa shape index (κ2) is 6.85. The minimum Gasteiger partial charge on any atom is -0.478 e. The summed E-state index contributed by atoms with van der Waals surface area (Å²) in [4.78, 5) is 21.8. The van der Waals surface area contributed by atoms with Crippen molar-refractivity contribution in [3.8, 4) is 0 Å². The van der Waals surface area contributed by atoms with Crippen LogP contribution in [0.15, 0.2) is 30.3 Å². The summed E-state index contributed by atoms with van der Waals surface area (Å²) in [5, 5.41) is 11.0. The number of carbonyl (C=O) groups excluding carboxylic acids is 1. The Labute approximate surface area is 117 Å². The SMILES string of the molecule is CS(=O)(=O)CC(=O)NCc1cccc(C=CC(=O)O)c1. The van der Waals surface area contributed by atoms with Gasteiger partial charge in [-0.1, -0.05) is 18.2 Å². The molecule has 1 amide bonds. The quantitative estimate of drug-likeness (QED) is 0.742. The van der Waals surface area contributed by atoms with Gasteiger partial charge >= 0.3 is 5.97 Å². The monoisotopic (exact) mass is 297 g/mol. The molecule has 0 spiro atoms. The number of benzene rings is 1. The lowest BCUT2D eigenvalue weighted by Crippen LogP contribution is -2.29. The Morgan fingerprint density at radius 1 is 1.35 bits per heavy atom. The van der Waals surface area contributed by atoms with Crippen molar-refractivity contribution in [2.24, 2.45) is 0 Å². The van der Waals surface area contributed by atoms with Gasteiger partial charge in [0.15, 0.2) is 9.84 Å². The molecular formula is C13H15NO5S. The minimum absolute atomic E-state index is 0.184. The Balaban J connectivity index is 2.63. The Morgan fingerprint density at radius 3 is 2.65 bits per heavy atom. The molecular weight excluding hydrogens is 282 g/mol. The van der Waals surface area contributed by atoms with Crippen molar-refractivity contribution in [3.05, 3.63) is 41.5 Å².